The molecule has 1 heterocycles. The second-order valence-corrected chi connectivity index (χ2v) is 7.79. The van der Waals surface area contributed by atoms with Gasteiger partial charge in [-0.25, -0.2) is 14.6 Å². The van der Waals surface area contributed by atoms with E-state index in [1.54, 1.807) is 79.9 Å². The molecule has 0 saturated carbocycles. The summed E-state index contributed by atoms with van der Waals surface area (Å²) >= 11 is 3.33. The van der Waals surface area contributed by atoms with E-state index < -0.39 is 11.9 Å². The van der Waals surface area contributed by atoms with Gasteiger partial charge < -0.3 is 18.9 Å². The SMILES string of the molecule is COc1cccc(C2=N/C(=C\c3ccc(OC(=O)c4ccc(Br)cc4)c(OC)c3)C(=O)O2)c1. The number of aliphatic imine (C=N–C) groups is 1. The molecular formula is C25H18BrNO6. The minimum absolute atomic E-state index is 0.134. The van der Waals surface area contributed by atoms with Crippen LogP contribution in [-0.4, -0.2) is 32.1 Å². The van der Waals surface area contributed by atoms with Gasteiger partial charge in [-0.3, -0.25) is 0 Å². The molecule has 0 aliphatic carbocycles. The molecule has 1 aliphatic rings. The summed E-state index contributed by atoms with van der Waals surface area (Å²) in [5, 5.41) is 0. The number of rotatable bonds is 6. The topological polar surface area (TPSA) is 83.4 Å². The maximum atomic E-state index is 12.4. The van der Waals surface area contributed by atoms with Gasteiger partial charge in [-0.05, 0) is 66.2 Å². The summed E-state index contributed by atoms with van der Waals surface area (Å²) in [5.74, 6) is 0.315. The number of nitrogens with zero attached hydrogens (tertiary/aromatic N) is 1. The number of methoxy groups -OCH3 is 2. The highest BCUT2D eigenvalue weighted by molar-refractivity contribution is 9.10. The van der Waals surface area contributed by atoms with Crippen molar-refractivity contribution in [3.63, 3.8) is 0 Å². The molecule has 1 aliphatic heterocycles. The lowest BCUT2D eigenvalue weighted by Gasteiger charge is -2.10. The third kappa shape index (κ3) is 5.12. The number of ether oxygens (including phenoxy) is 4. The monoisotopic (exact) mass is 507 g/mol. The van der Waals surface area contributed by atoms with Crippen LogP contribution in [0.1, 0.15) is 21.5 Å². The van der Waals surface area contributed by atoms with Crippen LogP contribution < -0.4 is 14.2 Å². The molecule has 0 N–H and O–H groups in total. The Bertz CT molecular complexity index is 1280. The van der Waals surface area contributed by atoms with E-state index in [1.165, 1.54) is 7.11 Å². The molecule has 8 heteroatoms. The molecule has 0 fully saturated rings. The van der Waals surface area contributed by atoms with E-state index in [9.17, 15) is 9.59 Å². The van der Waals surface area contributed by atoms with Crippen molar-refractivity contribution in [2.75, 3.05) is 14.2 Å². The predicted octanol–water partition coefficient (Wildman–Crippen LogP) is 5.03. The molecule has 166 valence electrons. The molecule has 0 saturated heterocycles. The number of benzene rings is 3. The van der Waals surface area contributed by atoms with Crippen molar-refractivity contribution in [1.29, 1.82) is 0 Å². The van der Waals surface area contributed by atoms with Gasteiger partial charge in [-0.15, -0.1) is 0 Å². The molecule has 3 aromatic carbocycles. The molecule has 0 amide bonds. The fourth-order valence-electron chi connectivity index (χ4n) is 3.05. The van der Waals surface area contributed by atoms with Gasteiger partial charge in [-0.1, -0.05) is 28.1 Å². The van der Waals surface area contributed by atoms with E-state index in [4.69, 9.17) is 18.9 Å². The highest BCUT2D eigenvalue weighted by Gasteiger charge is 2.24. The van der Waals surface area contributed by atoms with Crippen LogP contribution in [0.5, 0.6) is 17.2 Å². The summed E-state index contributed by atoms with van der Waals surface area (Å²) in [4.78, 5) is 29.1. The number of carbonyl (C=O) groups excluding carboxylic acids is 2. The standard InChI is InChI=1S/C25H18BrNO6/c1-30-19-5-3-4-17(14-19)23-27-20(25(29)33-23)12-15-6-11-21(22(13-15)31-2)32-24(28)16-7-9-18(26)10-8-16/h3-14H,1-2H3/b20-12-. The first kappa shape index (κ1) is 22.3. The third-order valence-electron chi connectivity index (χ3n) is 4.71. The largest absolute Gasteiger partial charge is 0.497 e. The Hall–Kier alpha value is -3.91. The van der Waals surface area contributed by atoms with E-state index >= 15 is 0 Å². The maximum Gasteiger partial charge on any atom is 0.363 e. The Kier molecular flexibility index (Phi) is 6.55. The van der Waals surface area contributed by atoms with Crippen LogP contribution in [0.2, 0.25) is 0 Å². The normalized spacial score (nSPS) is 14.0. The van der Waals surface area contributed by atoms with Crippen LogP contribution in [0, 0.1) is 0 Å². The summed E-state index contributed by atoms with van der Waals surface area (Å²) in [7, 11) is 3.02. The van der Waals surface area contributed by atoms with Gasteiger partial charge in [-0.2, -0.15) is 0 Å². The maximum absolute atomic E-state index is 12.4. The lowest BCUT2D eigenvalue weighted by molar-refractivity contribution is -0.129. The number of esters is 2. The predicted molar refractivity (Wildman–Crippen MR) is 126 cm³/mol. The molecular weight excluding hydrogens is 490 g/mol. The molecule has 3 aromatic rings. The Morgan fingerprint density at radius 1 is 0.970 bits per heavy atom. The first-order chi connectivity index (χ1) is 16.0. The van der Waals surface area contributed by atoms with Crippen molar-refractivity contribution in [3.8, 4) is 17.2 Å². The molecule has 0 aromatic heterocycles. The fraction of sp³-hybridized carbons (Fsp3) is 0.0800. The summed E-state index contributed by atoms with van der Waals surface area (Å²) in [6, 6.07) is 18.8. The number of hydrogen-bond donors (Lipinski definition) is 0. The van der Waals surface area contributed by atoms with Crippen molar-refractivity contribution in [2.45, 2.75) is 0 Å². The highest BCUT2D eigenvalue weighted by Crippen LogP contribution is 2.31. The average molecular weight is 508 g/mol. The van der Waals surface area contributed by atoms with Crippen LogP contribution in [0.15, 0.2) is 81.9 Å². The van der Waals surface area contributed by atoms with Crippen LogP contribution in [0.3, 0.4) is 0 Å². The lowest BCUT2D eigenvalue weighted by Crippen LogP contribution is -2.09. The number of hydrogen-bond acceptors (Lipinski definition) is 7. The summed E-state index contributed by atoms with van der Waals surface area (Å²) < 4.78 is 22.2. The summed E-state index contributed by atoms with van der Waals surface area (Å²) in [6.07, 6.45) is 1.57. The van der Waals surface area contributed by atoms with Gasteiger partial charge in [0.2, 0.25) is 5.90 Å². The Morgan fingerprint density at radius 3 is 2.48 bits per heavy atom. The fourth-order valence-corrected chi connectivity index (χ4v) is 3.31. The van der Waals surface area contributed by atoms with Crippen LogP contribution >= 0.6 is 15.9 Å². The van der Waals surface area contributed by atoms with E-state index in [1.807, 2.05) is 0 Å². The number of cyclic esters (lactones) is 1. The zero-order valence-corrected chi connectivity index (χ0v) is 19.3. The van der Waals surface area contributed by atoms with Gasteiger partial charge in [0.15, 0.2) is 17.2 Å². The first-order valence-electron chi connectivity index (χ1n) is 9.79. The quantitative estimate of drug-likeness (QED) is 0.264. The van der Waals surface area contributed by atoms with Crippen molar-refractivity contribution < 1.29 is 28.5 Å². The van der Waals surface area contributed by atoms with Crippen LogP contribution in [0.4, 0.5) is 0 Å². The van der Waals surface area contributed by atoms with Gasteiger partial charge in [0.25, 0.3) is 0 Å². The van der Waals surface area contributed by atoms with E-state index in [0.29, 0.717) is 28.2 Å². The molecule has 33 heavy (non-hydrogen) atoms. The molecule has 7 nitrogen and oxygen atoms in total. The van der Waals surface area contributed by atoms with Crippen LogP contribution in [0.25, 0.3) is 6.08 Å². The van der Waals surface area contributed by atoms with E-state index in [-0.39, 0.29) is 17.3 Å². The molecule has 0 atom stereocenters. The second-order valence-electron chi connectivity index (χ2n) is 6.87. The molecule has 0 unspecified atom stereocenters. The van der Waals surface area contributed by atoms with Gasteiger partial charge >= 0.3 is 11.9 Å². The van der Waals surface area contributed by atoms with Crippen molar-refractivity contribution in [2.24, 2.45) is 4.99 Å². The third-order valence-corrected chi connectivity index (χ3v) is 5.24. The number of halogens is 1. The molecule has 0 spiro atoms. The first-order valence-corrected chi connectivity index (χ1v) is 10.6. The smallest absolute Gasteiger partial charge is 0.363 e. The zero-order chi connectivity index (χ0) is 23.4. The van der Waals surface area contributed by atoms with Gasteiger partial charge in [0, 0.05) is 10.0 Å². The van der Waals surface area contributed by atoms with Crippen molar-refractivity contribution in [1.82, 2.24) is 0 Å². The summed E-state index contributed by atoms with van der Waals surface area (Å²) in [5.41, 5.74) is 1.78. The molecule has 0 radical (unpaired) electrons. The van der Waals surface area contributed by atoms with Crippen molar-refractivity contribution >= 4 is 39.8 Å². The zero-order valence-electron chi connectivity index (χ0n) is 17.7. The van der Waals surface area contributed by atoms with E-state index in [2.05, 4.69) is 20.9 Å². The van der Waals surface area contributed by atoms with Gasteiger partial charge in [0.05, 0.1) is 19.8 Å². The lowest BCUT2D eigenvalue weighted by atomic mass is 10.1. The minimum atomic E-state index is -0.572. The van der Waals surface area contributed by atoms with Crippen LogP contribution in [-0.2, 0) is 9.53 Å². The minimum Gasteiger partial charge on any atom is -0.497 e. The van der Waals surface area contributed by atoms with Gasteiger partial charge in [0.1, 0.15) is 5.75 Å². The van der Waals surface area contributed by atoms with E-state index in [0.717, 1.165) is 4.47 Å². The number of carbonyl (C=O) groups is 2. The molecule has 4 rings (SSSR count). The summed E-state index contributed by atoms with van der Waals surface area (Å²) in [6.45, 7) is 0. The molecule has 0 bridgehead atoms. The van der Waals surface area contributed by atoms with Crippen molar-refractivity contribution in [3.05, 3.63) is 93.6 Å². The Morgan fingerprint density at radius 2 is 1.76 bits per heavy atom. The highest BCUT2D eigenvalue weighted by atomic mass is 79.9. The second kappa shape index (κ2) is 9.70. The average Bonchev–Trinajstić information content (AvgIpc) is 3.20. The Labute approximate surface area is 198 Å². The Balaban J connectivity index is 1.56.